The highest BCUT2D eigenvalue weighted by atomic mass is 16.5. The van der Waals surface area contributed by atoms with Crippen LogP contribution in [0.1, 0.15) is 44.8 Å². The van der Waals surface area contributed by atoms with Crippen LogP contribution in [0.3, 0.4) is 0 Å². The number of rotatable bonds is 3. The van der Waals surface area contributed by atoms with Crippen molar-refractivity contribution >= 4 is 0 Å². The van der Waals surface area contributed by atoms with E-state index in [1.165, 1.54) is 0 Å². The Morgan fingerprint density at radius 3 is 2.71 bits per heavy atom. The van der Waals surface area contributed by atoms with Gasteiger partial charge in [0.05, 0.1) is 13.2 Å². The van der Waals surface area contributed by atoms with Crippen LogP contribution in [0.2, 0.25) is 0 Å². The molecule has 1 aliphatic rings. The summed E-state index contributed by atoms with van der Waals surface area (Å²) in [6.07, 6.45) is 2.01. The van der Waals surface area contributed by atoms with Crippen molar-refractivity contribution in [3.63, 3.8) is 0 Å². The molecule has 1 aromatic carbocycles. The van der Waals surface area contributed by atoms with Crippen molar-refractivity contribution in [3.05, 3.63) is 23.8 Å². The lowest BCUT2D eigenvalue weighted by Crippen LogP contribution is -2.39. The summed E-state index contributed by atoms with van der Waals surface area (Å²) in [7, 11) is 1.63. The lowest BCUT2D eigenvalue weighted by atomic mass is 9.85. The van der Waals surface area contributed by atoms with E-state index in [1.807, 2.05) is 18.2 Å². The van der Waals surface area contributed by atoms with E-state index in [0.29, 0.717) is 6.42 Å². The molecule has 0 aliphatic carbocycles. The van der Waals surface area contributed by atoms with Gasteiger partial charge in [-0.05, 0) is 31.0 Å². The molecule has 0 spiro atoms. The maximum atomic E-state index is 10.2. The van der Waals surface area contributed by atoms with E-state index in [9.17, 15) is 5.11 Å². The summed E-state index contributed by atoms with van der Waals surface area (Å²) in [5.41, 5.74) is 0.614. The summed E-state index contributed by atoms with van der Waals surface area (Å²) in [4.78, 5) is 0. The highest BCUT2D eigenvalue weighted by Gasteiger charge is 2.37. The quantitative estimate of drug-likeness (QED) is 0.876. The Kier molecular flexibility index (Phi) is 3.29. The molecule has 1 heterocycles. The fourth-order valence-corrected chi connectivity index (χ4v) is 2.43. The summed E-state index contributed by atoms with van der Waals surface area (Å²) in [6, 6.07) is 5.61. The second-order valence-electron chi connectivity index (χ2n) is 4.62. The Morgan fingerprint density at radius 1 is 1.41 bits per heavy atom. The molecule has 0 bridgehead atoms. The van der Waals surface area contributed by atoms with Gasteiger partial charge in [-0.15, -0.1) is 0 Å². The van der Waals surface area contributed by atoms with E-state index >= 15 is 0 Å². The molecular weight excluding hydrogens is 216 g/mol. The highest BCUT2D eigenvalue weighted by molar-refractivity contribution is 5.43. The summed E-state index contributed by atoms with van der Waals surface area (Å²) >= 11 is 0. The maximum absolute atomic E-state index is 10.2. The van der Waals surface area contributed by atoms with Gasteiger partial charge in [0.1, 0.15) is 17.1 Å². The zero-order chi connectivity index (χ0) is 12.5. The third kappa shape index (κ3) is 2.12. The van der Waals surface area contributed by atoms with Gasteiger partial charge in [-0.1, -0.05) is 13.8 Å². The molecule has 94 valence electrons. The van der Waals surface area contributed by atoms with Gasteiger partial charge in [0.2, 0.25) is 0 Å². The van der Waals surface area contributed by atoms with Gasteiger partial charge in [-0.3, -0.25) is 0 Å². The first-order valence-electron chi connectivity index (χ1n) is 6.19. The van der Waals surface area contributed by atoms with Gasteiger partial charge in [-0.25, -0.2) is 0 Å². The summed E-state index contributed by atoms with van der Waals surface area (Å²) in [5.74, 6) is 1.54. The number of fused-ring (bicyclic) bond motifs is 1. The van der Waals surface area contributed by atoms with Gasteiger partial charge >= 0.3 is 0 Å². The molecular formula is C14H20O3. The average Bonchev–Trinajstić information content (AvgIpc) is 2.38. The molecule has 2 rings (SSSR count). The van der Waals surface area contributed by atoms with Crippen LogP contribution in [0.4, 0.5) is 0 Å². The third-order valence-electron chi connectivity index (χ3n) is 3.76. The van der Waals surface area contributed by atoms with Crippen LogP contribution in [0.15, 0.2) is 18.2 Å². The molecule has 0 fully saturated rings. The van der Waals surface area contributed by atoms with Gasteiger partial charge in [0.25, 0.3) is 0 Å². The molecule has 0 radical (unpaired) electrons. The molecule has 0 amide bonds. The van der Waals surface area contributed by atoms with Gasteiger partial charge in [0, 0.05) is 12.0 Å². The zero-order valence-corrected chi connectivity index (χ0v) is 10.7. The number of ether oxygens (including phenoxy) is 2. The predicted octanol–water partition coefficient (Wildman–Crippen LogP) is 3.07. The zero-order valence-electron chi connectivity index (χ0n) is 10.7. The molecule has 1 aromatic rings. The lowest BCUT2D eigenvalue weighted by Gasteiger charge is -2.39. The van der Waals surface area contributed by atoms with E-state index in [0.717, 1.165) is 29.9 Å². The second-order valence-corrected chi connectivity index (χ2v) is 4.62. The van der Waals surface area contributed by atoms with E-state index in [-0.39, 0.29) is 5.60 Å². The monoisotopic (exact) mass is 236 g/mol. The van der Waals surface area contributed by atoms with Gasteiger partial charge in [0.15, 0.2) is 0 Å². The number of aliphatic hydroxyl groups excluding tert-OH is 1. The first kappa shape index (κ1) is 12.2. The molecule has 0 aromatic heterocycles. The Balaban J connectivity index is 2.37. The normalized spacial score (nSPS) is 21.5. The molecule has 0 saturated carbocycles. The first-order chi connectivity index (χ1) is 8.14. The van der Waals surface area contributed by atoms with Crippen molar-refractivity contribution in [2.75, 3.05) is 7.11 Å². The summed E-state index contributed by atoms with van der Waals surface area (Å²) < 4.78 is 11.2. The average molecular weight is 236 g/mol. The molecule has 0 saturated heterocycles. The molecule has 1 aliphatic heterocycles. The molecule has 1 atom stereocenters. The Morgan fingerprint density at radius 2 is 2.12 bits per heavy atom. The molecule has 17 heavy (non-hydrogen) atoms. The van der Waals surface area contributed by atoms with Crippen molar-refractivity contribution in [1.82, 2.24) is 0 Å². The molecule has 1 N–H and O–H groups in total. The van der Waals surface area contributed by atoms with Crippen molar-refractivity contribution < 1.29 is 14.6 Å². The van der Waals surface area contributed by atoms with Gasteiger partial charge in [-0.2, -0.15) is 0 Å². The largest absolute Gasteiger partial charge is 0.497 e. The molecule has 1 unspecified atom stereocenters. The third-order valence-corrected chi connectivity index (χ3v) is 3.76. The smallest absolute Gasteiger partial charge is 0.126 e. The van der Waals surface area contributed by atoms with Crippen LogP contribution < -0.4 is 9.47 Å². The molecule has 3 nitrogen and oxygen atoms in total. The minimum absolute atomic E-state index is 0.221. The first-order valence-corrected chi connectivity index (χ1v) is 6.19. The van der Waals surface area contributed by atoms with E-state index in [4.69, 9.17) is 9.47 Å². The van der Waals surface area contributed by atoms with Crippen molar-refractivity contribution in [2.24, 2.45) is 0 Å². The minimum Gasteiger partial charge on any atom is -0.497 e. The summed E-state index contributed by atoms with van der Waals surface area (Å²) in [6.45, 7) is 4.20. The number of aliphatic hydroxyl groups is 1. The maximum Gasteiger partial charge on any atom is 0.126 e. The minimum atomic E-state index is -0.464. The number of methoxy groups -OCH3 is 1. The lowest BCUT2D eigenvalue weighted by molar-refractivity contribution is -0.0197. The fraction of sp³-hybridized carbons (Fsp3) is 0.571. The molecule has 3 heteroatoms. The van der Waals surface area contributed by atoms with Crippen molar-refractivity contribution in [2.45, 2.75) is 44.8 Å². The van der Waals surface area contributed by atoms with E-state index < -0.39 is 6.10 Å². The number of benzene rings is 1. The van der Waals surface area contributed by atoms with E-state index in [2.05, 4.69) is 13.8 Å². The Labute approximate surface area is 102 Å². The van der Waals surface area contributed by atoms with Crippen LogP contribution in [-0.4, -0.2) is 17.8 Å². The topological polar surface area (TPSA) is 38.7 Å². The predicted molar refractivity (Wildman–Crippen MR) is 66.5 cm³/mol. The van der Waals surface area contributed by atoms with Crippen molar-refractivity contribution in [1.29, 1.82) is 0 Å². The van der Waals surface area contributed by atoms with E-state index in [1.54, 1.807) is 7.11 Å². The second kappa shape index (κ2) is 4.57. The fourth-order valence-electron chi connectivity index (χ4n) is 2.43. The van der Waals surface area contributed by atoms with Crippen molar-refractivity contribution in [3.8, 4) is 11.5 Å². The number of hydrogen-bond donors (Lipinski definition) is 1. The standard InChI is InChI=1S/C14H20O3/c1-4-14(5-2)9-12(15)11-8-10(16-3)6-7-13(11)17-14/h6-8,12,15H,4-5,9H2,1-3H3. The summed E-state index contributed by atoms with van der Waals surface area (Å²) in [5, 5.41) is 10.2. The SMILES string of the molecule is CCC1(CC)CC(O)c2cc(OC)ccc2O1. The van der Waals surface area contributed by atoms with Crippen LogP contribution in [0.5, 0.6) is 11.5 Å². The number of hydrogen-bond acceptors (Lipinski definition) is 3. The van der Waals surface area contributed by atoms with Crippen LogP contribution >= 0.6 is 0 Å². The van der Waals surface area contributed by atoms with Crippen LogP contribution in [0, 0.1) is 0 Å². The Hall–Kier alpha value is -1.22. The van der Waals surface area contributed by atoms with Gasteiger partial charge < -0.3 is 14.6 Å². The van der Waals surface area contributed by atoms with Crippen LogP contribution in [-0.2, 0) is 0 Å². The Bertz CT molecular complexity index is 396. The van der Waals surface area contributed by atoms with Crippen LogP contribution in [0.25, 0.3) is 0 Å². The highest BCUT2D eigenvalue weighted by Crippen LogP contribution is 2.43.